The average molecular weight is 206 g/mol. The highest BCUT2D eigenvalue weighted by molar-refractivity contribution is 5.39. The Labute approximate surface area is 90.5 Å². The van der Waals surface area contributed by atoms with E-state index < -0.39 is 0 Å². The molecular weight excluding hydrogens is 188 g/mol. The number of phenols is 1. The normalized spacial score (nSPS) is 19.9. The largest absolute Gasteiger partial charge is 0.508 e. The molecule has 2 rings (SSSR count). The smallest absolute Gasteiger partial charge is 0.115 e. The van der Waals surface area contributed by atoms with Crippen LogP contribution in [0.3, 0.4) is 0 Å². The number of rotatable bonds is 3. The summed E-state index contributed by atoms with van der Waals surface area (Å²) in [7, 11) is 0. The molecule has 1 aromatic carbocycles. The van der Waals surface area contributed by atoms with Crippen LogP contribution >= 0.6 is 0 Å². The van der Waals surface area contributed by atoms with Crippen LogP contribution < -0.4 is 10.6 Å². The number of phenolic OH excluding ortho intramolecular Hbond substituents is 1. The SMILES string of the molecule is CCNCC1CNCc2ccc(O)cc21. The second-order valence-corrected chi connectivity index (χ2v) is 4.02. The summed E-state index contributed by atoms with van der Waals surface area (Å²) in [6, 6.07) is 5.67. The van der Waals surface area contributed by atoms with Crippen LogP contribution in [-0.2, 0) is 6.54 Å². The van der Waals surface area contributed by atoms with E-state index in [0.717, 1.165) is 26.2 Å². The molecule has 3 N–H and O–H groups in total. The van der Waals surface area contributed by atoms with Crippen LogP contribution in [0.15, 0.2) is 18.2 Å². The van der Waals surface area contributed by atoms with Gasteiger partial charge in [0, 0.05) is 25.6 Å². The zero-order valence-corrected chi connectivity index (χ0v) is 9.09. The molecule has 1 heterocycles. The van der Waals surface area contributed by atoms with Crippen LogP contribution in [-0.4, -0.2) is 24.7 Å². The first-order valence-corrected chi connectivity index (χ1v) is 5.54. The zero-order valence-electron chi connectivity index (χ0n) is 9.09. The van der Waals surface area contributed by atoms with E-state index in [1.165, 1.54) is 11.1 Å². The lowest BCUT2D eigenvalue weighted by molar-refractivity contribution is 0.466. The summed E-state index contributed by atoms with van der Waals surface area (Å²) in [4.78, 5) is 0. The van der Waals surface area contributed by atoms with Crippen molar-refractivity contribution in [2.75, 3.05) is 19.6 Å². The number of hydrogen-bond donors (Lipinski definition) is 3. The third-order valence-electron chi connectivity index (χ3n) is 2.92. The van der Waals surface area contributed by atoms with Crippen LogP contribution in [0.4, 0.5) is 0 Å². The maximum Gasteiger partial charge on any atom is 0.115 e. The number of benzene rings is 1. The van der Waals surface area contributed by atoms with Gasteiger partial charge in [0.05, 0.1) is 0 Å². The molecule has 1 aliphatic heterocycles. The van der Waals surface area contributed by atoms with E-state index in [1.807, 2.05) is 12.1 Å². The van der Waals surface area contributed by atoms with Gasteiger partial charge in [0.25, 0.3) is 0 Å². The van der Waals surface area contributed by atoms with Crippen LogP contribution in [0.5, 0.6) is 5.75 Å². The minimum Gasteiger partial charge on any atom is -0.508 e. The molecule has 0 amide bonds. The van der Waals surface area contributed by atoms with Gasteiger partial charge in [0.2, 0.25) is 0 Å². The molecule has 0 fully saturated rings. The highest BCUT2D eigenvalue weighted by Crippen LogP contribution is 2.26. The summed E-state index contributed by atoms with van der Waals surface area (Å²) in [5, 5.41) is 16.2. The molecule has 82 valence electrons. The second kappa shape index (κ2) is 4.64. The lowest BCUT2D eigenvalue weighted by Gasteiger charge is -2.26. The summed E-state index contributed by atoms with van der Waals surface area (Å²) in [5.41, 5.74) is 2.59. The molecule has 1 unspecified atom stereocenters. The van der Waals surface area contributed by atoms with Crippen molar-refractivity contribution in [2.24, 2.45) is 0 Å². The summed E-state index contributed by atoms with van der Waals surface area (Å²) in [6.07, 6.45) is 0. The van der Waals surface area contributed by atoms with Crippen molar-refractivity contribution >= 4 is 0 Å². The number of nitrogens with one attached hydrogen (secondary N) is 2. The van der Waals surface area contributed by atoms with Crippen molar-refractivity contribution in [1.29, 1.82) is 0 Å². The van der Waals surface area contributed by atoms with E-state index in [4.69, 9.17) is 0 Å². The lowest BCUT2D eigenvalue weighted by atomic mass is 9.90. The van der Waals surface area contributed by atoms with E-state index in [0.29, 0.717) is 11.7 Å². The fourth-order valence-electron chi connectivity index (χ4n) is 2.12. The van der Waals surface area contributed by atoms with Crippen LogP contribution in [0.25, 0.3) is 0 Å². The van der Waals surface area contributed by atoms with Gasteiger partial charge in [-0.1, -0.05) is 13.0 Å². The zero-order chi connectivity index (χ0) is 10.7. The molecule has 0 saturated carbocycles. The molecule has 1 aliphatic rings. The van der Waals surface area contributed by atoms with Crippen molar-refractivity contribution in [3.8, 4) is 5.75 Å². The summed E-state index contributed by atoms with van der Waals surface area (Å²) in [5.74, 6) is 0.845. The van der Waals surface area contributed by atoms with E-state index in [-0.39, 0.29) is 0 Å². The van der Waals surface area contributed by atoms with Gasteiger partial charge in [0.1, 0.15) is 5.75 Å². The second-order valence-electron chi connectivity index (χ2n) is 4.02. The Morgan fingerprint density at radius 1 is 1.53 bits per heavy atom. The predicted octanol–water partition coefficient (Wildman–Crippen LogP) is 1.19. The summed E-state index contributed by atoms with van der Waals surface area (Å²) >= 11 is 0. The monoisotopic (exact) mass is 206 g/mol. The number of fused-ring (bicyclic) bond motifs is 1. The van der Waals surface area contributed by atoms with Crippen molar-refractivity contribution < 1.29 is 5.11 Å². The minimum absolute atomic E-state index is 0.372. The van der Waals surface area contributed by atoms with E-state index in [9.17, 15) is 5.11 Å². The molecule has 0 spiro atoms. The Hall–Kier alpha value is -1.06. The van der Waals surface area contributed by atoms with Crippen LogP contribution in [0, 0.1) is 0 Å². The van der Waals surface area contributed by atoms with Gasteiger partial charge in [-0.25, -0.2) is 0 Å². The quantitative estimate of drug-likeness (QED) is 0.696. The van der Waals surface area contributed by atoms with E-state index >= 15 is 0 Å². The number of aromatic hydroxyl groups is 1. The molecule has 1 atom stereocenters. The van der Waals surface area contributed by atoms with Crippen molar-refractivity contribution in [2.45, 2.75) is 19.4 Å². The summed E-state index contributed by atoms with van der Waals surface area (Å²) < 4.78 is 0. The molecule has 3 heteroatoms. The first-order valence-electron chi connectivity index (χ1n) is 5.54. The molecule has 15 heavy (non-hydrogen) atoms. The van der Waals surface area contributed by atoms with Gasteiger partial charge in [-0.2, -0.15) is 0 Å². The first-order chi connectivity index (χ1) is 7.31. The van der Waals surface area contributed by atoms with Gasteiger partial charge in [-0.15, -0.1) is 0 Å². The molecule has 0 saturated heterocycles. The first kappa shape index (κ1) is 10.5. The molecule has 1 aromatic rings. The Morgan fingerprint density at radius 3 is 3.20 bits per heavy atom. The highest BCUT2D eigenvalue weighted by atomic mass is 16.3. The van der Waals surface area contributed by atoms with Gasteiger partial charge in [-0.05, 0) is 29.8 Å². The van der Waals surface area contributed by atoms with Crippen molar-refractivity contribution in [3.05, 3.63) is 29.3 Å². The number of likely N-dealkylation sites (N-methyl/N-ethyl adjacent to an activating group) is 1. The minimum atomic E-state index is 0.372. The molecule has 0 radical (unpaired) electrons. The van der Waals surface area contributed by atoms with Gasteiger partial charge in [-0.3, -0.25) is 0 Å². The van der Waals surface area contributed by atoms with Crippen molar-refractivity contribution in [3.63, 3.8) is 0 Å². The van der Waals surface area contributed by atoms with E-state index in [1.54, 1.807) is 6.07 Å². The van der Waals surface area contributed by atoms with Gasteiger partial charge in [0.15, 0.2) is 0 Å². The predicted molar refractivity (Wildman–Crippen MR) is 61.1 cm³/mol. The van der Waals surface area contributed by atoms with Crippen molar-refractivity contribution in [1.82, 2.24) is 10.6 Å². The highest BCUT2D eigenvalue weighted by Gasteiger charge is 2.19. The topological polar surface area (TPSA) is 44.3 Å². The Morgan fingerprint density at radius 2 is 2.40 bits per heavy atom. The van der Waals surface area contributed by atoms with Crippen LogP contribution in [0.2, 0.25) is 0 Å². The third kappa shape index (κ3) is 2.30. The Kier molecular flexibility index (Phi) is 3.23. The molecule has 0 bridgehead atoms. The third-order valence-corrected chi connectivity index (χ3v) is 2.92. The van der Waals surface area contributed by atoms with Gasteiger partial charge < -0.3 is 15.7 Å². The summed E-state index contributed by atoms with van der Waals surface area (Å²) in [6.45, 7) is 5.98. The molecule has 0 aromatic heterocycles. The molecular formula is C12H18N2O. The average Bonchev–Trinajstić information content (AvgIpc) is 2.26. The fraction of sp³-hybridized carbons (Fsp3) is 0.500. The standard InChI is InChI=1S/C12H18N2O/c1-2-13-7-10-8-14-6-9-3-4-11(15)5-12(9)10/h3-5,10,13-15H,2,6-8H2,1H3. The molecule has 3 nitrogen and oxygen atoms in total. The Bertz CT molecular complexity index is 338. The molecule has 0 aliphatic carbocycles. The Balaban J connectivity index is 2.20. The maximum absolute atomic E-state index is 9.49. The van der Waals surface area contributed by atoms with E-state index in [2.05, 4.69) is 17.6 Å². The fourth-order valence-corrected chi connectivity index (χ4v) is 2.12. The lowest BCUT2D eigenvalue weighted by Crippen LogP contribution is -2.34. The van der Waals surface area contributed by atoms with Gasteiger partial charge >= 0.3 is 0 Å². The van der Waals surface area contributed by atoms with Crippen LogP contribution in [0.1, 0.15) is 24.0 Å². The maximum atomic E-state index is 9.49. The number of hydrogen-bond acceptors (Lipinski definition) is 3.